The van der Waals surface area contributed by atoms with Crippen LogP contribution in [0, 0.1) is 6.92 Å². The molecule has 19 heavy (non-hydrogen) atoms. The Kier molecular flexibility index (Phi) is 5.38. The predicted molar refractivity (Wildman–Crippen MR) is 79.3 cm³/mol. The zero-order valence-corrected chi connectivity index (χ0v) is 13.5. The molecule has 0 aromatic carbocycles. The maximum Gasteiger partial charge on any atom is 0.0826 e. The van der Waals surface area contributed by atoms with Gasteiger partial charge in [-0.15, -0.1) is 0 Å². The highest BCUT2D eigenvalue weighted by molar-refractivity contribution is 9.10. The molecule has 2 rings (SSSR count). The summed E-state index contributed by atoms with van der Waals surface area (Å²) in [5.74, 6) is 0. The Hall–Kier alpha value is -0.430. The molecular weight excluding hydrogens is 308 g/mol. The second-order valence-corrected chi connectivity index (χ2v) is 5.84. The smallest absolute Gasteiger partial charge is 0.0826 e. The molecule has 1 aliphatic rings. The Balaban J connectivity index is 1.85. The summed E-state index contributed by atoms with van der Waals surface area (Å²) in [5, 5.41) is 7.97. The lowest BCUT2D eigenvalue weighted by atomic mass is 10.2. The molecule has 1 N–H and O–H groups in total. The molecule has 0 spiro atoms. The van der Waals surface area contributed by atoms with Crippen molar-refractivity contribution in [3.05, 3.63) is 15.9 Å². The average molecular weight is 331 g/mol. The third kappa shape index (κ3) is 3.78. The van der Waals surface area contributed by atoms with Crippen molar-refractivity contribution >= 4 is 15.9 Å². The van der Waals surface area contributed by atoms with Crippen molar-refractivity contribution < 1.29 is 4.74 Å². The van der Waals surface area contributed by atoms with Gasteiger partial charge in [0.1, 0.15) is 0 Å². The fourth-order valence-corrected chi connectivity index (χ4v) is 2.80. The van der Waals surface area contributed by atoms with Crippen molar-refractivity contribution in [2.45, 2.75) is 33.0 Å². The lowest BCUT2D eigenvalue weighted by molar-refractivity contribution is -0.0182. The molecule has 5 nitrogen and oxygen atoms in total. The predicted octanol–water partition coefficient (Wildman–Crippen LogP) is 1.39. The average Bonchev–Trinajstić information content (AvgIpc) is 2.66. The molecule has 0 bridgehead atoms. The van der Waals surface area contributed by atoms with Crippen molar-refractivity contribution in [1.82, 2.24) is 20.0 Å². The van der Waals surface area contributed by atoms with E-state index in [-0.39, 0.29) is 6.10 Å². The topological polar surface area (TPSA) is 42.3 Å². The Morgan fingerprint density at radius 1 is 1.53 bits per heavy atom. The molecule has 1 saturated heterocycles. The summed E-state index contributed by atoms with van der Waals surface area (Å²) in [6.45, 7) is 9.60. The number of ether oxygens (including phenoxy) is 1. The maximum atomic E-state index is 5.74. The highest BCUT2D eigenvalue weighted by Crippen LogP contribution is 2.20. The number of morpholine rings is 1. The van der Waals surface area contributed by atoms with Gasteiger partial charge in [-0.05, 0) is 36.8 Å². The van der Waals surface area contributed by atoms with E-state index in [1.165, 1.54) is 5.69 Å². The van der Waals surface area contributed by atoms with Gasteiger partial charge in [-0.3, -0.25) is 4.68 Å². The van der Waals surface area contributed by atoms with Crippen LogP contribution in [-0.4, -0.2) is 54.1 Å². The summed E-state index contributed by atoms with van der Waals surface area (Å²) in [7, 11) is 2.14. The molecule has 0 amide bonds. The van der Waals surface area contributed by atoms with Crippen LogP contribution in [0.5, 0.6) is 0 Å². The molecule has 1 aliphatic heterocycles. The summed E-state index contributed by atoms with van der Waals surface area (Å²) in [6.07, 6.45) is 0.289. The van der Waals surface area contributed by atoms with Crippen molar-refractivity contribution in [3.8, 4) is 0 Å². The number of aromatic nitrogens is 2. The lowest BCUT2D eigenvalue weighted by Gasteiger charge is -2.30. The van der Waals surface area contributed by atoms with E-state index < -0.39 is 0 Å². The number of nitrogens with one attached hydrogen (secondary N) is 1. The third-order valence-electron chi connectivity index (χ3n) is 3.46. The van der Waals surface area contributed by atoms with E-state index in [1.54, 1.807) is 0 Å². The summed E-state index contributed by atoms with van der Waals surface area (Å²) >= 11 is 3.61. The standard InChI is InChI=1S/C13H23BrN4O/c1-4-18-12(13(14)10(2)16-18)8-15-7-11-9-17(3)5-6-19-11/h11,15H,4-9H2,1-3H3. The van der Waals surface area contributed by atoms with Gasteiger partial charge in [0, 0.05) is 32.7 Å². The van der Waals surface area contributed by atoms with E-state index in [9.17, 15) is 0 Å². The molecule has 0 saturated carbocycles. The minimum Gasteiger partial charge on any atom is -0.374 e. The van der Waals surface area contributed by atoms with Crippen LogP contribution in [-0.2, 0) is 17.8 Å². The van der Waals surface area contributed by atoms with E-state index in [2.05, 4.69) is 45.2 Å². The van der Waals surface area contributed by atoms with Crippen molar-refractivity contribution in [2.75, 3.05) is 33.3 Å². The molecule has 1 aromatic rings. The number of halogens is 1. The quantitative estimate of drug-likeness (QED) is 0.886. The number of aryl methyl sites for hydroxylation is 2. The van der Waals surface area contributed by atoms with E-state index in [0.717, 1.165) is 49.5 Å². The van der Waals surface area contributed by atoms with E-state index in [4.69, 9.17) is 4.74 Å². The number of likely N-dealkylation sites (N-methyl/N-ethyl adjacent to an activating group) is 1. The van der Waals surface area contributed by atoms with Gasteiger partial charge in [0.2, 0.25) is 0 Å². The molecule has 2 heterocycles. The third-order valence-corrected chi connectivity index (χ3v) is 4.49. The van der Waals surface area contributed by atoms with Crippen LogP contribution in [0.3, 0.4) is 0 Å². The van der Waals surface area contributed by atoms with Crippen molar-refractivity contribution in [3.63, 3.8) is 0 Å². The first kappa shape index (κ1) is 15.0. The summed E-state index contributed by atoms with van der Waals surface area (Å²) in [4.78, 5) is 2.31. The molecule has 1 fully saturated rings. The number of rotatable bonds is 5. The Morgan fingerprint density at radius 2 is 2.32 bits per heavy atom. The van der Waals surface area contributed by atoms with E-state index in [0.29, 0.717) is 0 Å². The molecule has 0 aliphatic carbocycles. The fourth-order valence-electron chi connectivity index (χ4n) is 2.38. The highest BCUT2D eigenvalue weighted by atomic mass is 79.9. The van der Waals surface area contributed by atoms with Gasteiger partial charge >= 0.3 is 0 Å². The molecule has 6 heteroatoms. The van der Waals surface area contributed by atoms with Crippen LogP contribution in [0.2, 0.25) is 0 Å². The number of hydrogen-bond acceptors (Lipinski definition) is 4. The van der Waals surface area contributed by atoms with Gasteiger partial charge in [-0.1, -0.05) is 0 Å². The molecule has 1 atom stereocenters. The van der Waals surface area contributed by atoms with Gasteiger partial charge in [0.05, 0.1) is 28.6 Å². The summed E-state index contributed by atoms with van der Waals surface area (Å²) in [6, 6.07) is 0. The molecule has 1 unspecified atom stereocenters. The zero-order chi connectivity index (χ0) is 13.8. The Bertz CT molecular complexity index is 421. The first-order valence-electron chi connectivity index (χ1n) is 6.84. The van der Waals surface area contributed by atoms with Gasteiger partial charge in [-0.2, -0.15) is 5.10 Å². The van der Waals surface area contributed by atoms with Crippen LogP contribution in [0.4, 0.5) is 0 Å². The first-order chi connectivity index (χ1) is 9.11. The minimum absolute atomic E-state index is 0.289. The zero-order valence-electron chi connectivity index (χ0n) is 11.9. The van der Waals surface area contributed by atoms with Crippen LogP contribution in [0.1, 0.15) is 18.3 Å². The summed E-state index contributed by atoms with van der Waals surface area (Å²) in [5.41, 5.74) is 2.26. The number of hydrogen-bond donors (Lipinski definition) is 1. The van der Waals surface area contributed by atoms with E-state index >= 15 is 0 Å². The number of nitrogens with zero attached hydrogens (tertiary/aromatic N) is 3. The van der Waals surface area contributed by atoms with Crippen LogP contribution in [0.25, 0.3) is 0 Å². The normalized spacial score (nSPS) is 20.9. The Morgan fingerprint density at radius 3 is 3.00 bits per heavy atom. The van der Waals surface area contributed by atoms with Gasteiger partial charge in [-0.25, -0.2) is 0 Å². The molecular formula is C13H23BrN4O. The maximum absolute atomic E-state index is 5.74. The second-order valence-electron chi connectivity index (χ2n) is 5.05. The highest BCUT2D eigenvalue weighted by Gasteiger charge is 2.18. The fraction of sp³-hybridized carbons (Fsp3) is 0.769. The van der Waals surface area contributed by atoms with Gasteiger partial charge in [0.25, 0.3) is 0 Å². The van der Waals surface area contributed by atoms with Gasteiger partial charge < -0.3 is 15.0 Å². The SMILES string of the molecule is CCn1nc(C)c(Br)c1CNCC1CN(C)CCO1. The first-order valence-corrected chi connectivity index (χ1v) is 7.63. The van der Waals surface area contributed by atoms with Crippen LogP contribution in [0.15, 0.2) is 4.47 Å². The lowest BCUT2D eigenvalue weighted by Crippen LogP contribution is -2.44. The van der Waals surface area contributed by atoms with Crippen molar-refractivity contribution in [2.24, 2.45) is 0 Å². The molecule has 108 valence electrons. The summed E-state index contributed by atoms with van der Waals surface area (Å²) < 4.78 is 8.90. The second kappa shape index (κ2) is 6.83. The molecule has 0 radical (unpaired) electrons. The van der Waals surface area contributed by atoms with E-state index in [1.807, 2.05) is 11.6 Å². The van der Waals surface area contributed by atoms with Crippen LogP contribution >= 0.6 is 15.9 Å². The minimum atomic E-state index is 0.289. The Labute approximate surface area is 123 Å². The van der Waals surface area contributed by atoms with Crippen molar-refractivity contribution in [1.29, 1.82) is 0 Å². The largest absolute Gasteiger partial charge is 0.374 e. The van der Waals surface area contributed by atoms with Crippen LogP contribution < -0.4 is 5.32 Å². The monoisotopic (exact) mass is 330 g/mol. The molecule has 1 aromatic heterocycles. The van der Waals surface area contributed by atoms with Gasteiger partial charge in [0.15, 0.2) is 0 Å².